The Hall–Kier alpha value is -1.85. The van der Waals surface area contributed by atoms with Gasteiger partial charge in [0.05, 0.1) is 12.3 Å². The third-order valence-electron chi connectivity index (χ3n) is 4.86. The van der Waals surface area contributed by atoms with Gasteiger partial charge < -0.3 is 4.74 Å². The molecule has 1 aromatic heterocycles. The molecule has 3 heterocycles. The van der Waals surface area contributed by atoms with Crippen molar-refractivity contribution in [3.63, 3.8) is 0 Å². The summed E-state index contributed by atoms with van der Waals surface area (Å²) >= 11 is 0. The van der Waals surface area contributed by atoms with E-state index in [0.29, 0.717) is 6.04 Å². The first kappa shape index (κ1) is 14.7. The molecule has 120 valence electrons. The molecular formula is C18H20FN3O. The molecule has 2 aliphatic heterocycles. The van der Waals surface area contributed by atoms with Crippen LogP contribution in [-0.4, -0.2) is 47.2 Å². The molecule has 0 N–H and O–H groups in total. The minimum absolute atomic E-state index is 0.221. The Bertz CT molecular complexity index is 683. The third kappa shape index (κ3) is 2.99. The maximum absolute atomic E-state index is 13.2. The Morgan fingerprint density at radius 3 is 2.70 bits per heavy atom. The first-order valence-corrected chi connectivity index (χ1v) is 8.22. The van der Waals surface area contributed by atoms with Gasteiger partial charge in [0.15, 0.2) is 0 Å². The molecule has 4 rings (SSSR count). The van der Waals surface area contributed by atoms with E-state index >= 15 is 0 Å². The molecule has 1 fully saturated rings. The molecule has 0 radical (unpaired) electrons. The lowest BCUT2D eigenvalue weighted by molar-refractivity contribution is 0.147. The summed E-state index contributed by atoms with van der Waals surface area (Å²) in [7, 11) is 0. The predicted octanol–water partition coefficient (Wildman–Crippen LogP) is 2.47. The van der Waals surface area contributed by atoms with Gasteiger partial charge in [-0.3, -0.25) is 4.90 Å². The molecular weight excluding hydrogens is 293 g/mol. The number of aromatic nitrogens is 2. The van der Waals surface area contributed by atoms with E-state index in [1.165, 1.54) is 17.7 Å². The number of fused-ring (bicyclic) bond motifs is 1. The van der Waals surface area contributed by atoms with Crippen LogP contribution in [0.1, 0.15) is 17.7 Å². The summed E-state index contributed by atoms with van der Waals surface area (Å²) in [6.07, 6.45) is 4.61. The van der Waals surface area contributed by atoms with Crippen molar-refractivity contribution in [2.24, 2.45) is 0 Å². The first-order chi connectivity index (χ1) is 11.3. The van der Waals surface area contributed by atoms with Gasteiger partial charge in [0, 0.05) is 49.0 Å². The van der Waals surface area contributed by atoms with Crippen LogP contribution in [0.2, 0.25) is 0 Å². The van der Waals surface area contributed by atoms with Crippen molar-refractivity contribution >= 4 is 0 Å². The van der Waals surface area contributed by atoms with Crippen molar-refractivity contribution in [2.45, 2.75) is 25.3 Å². The lowest BCUT2D eigenvalue weighted by atomic mass is 10.0. The molecule has 23 heavy (non-hydrogen) atoms. The Morgan fingerprint density at radius 1 is 1.09 bits per heavy atom. The third-order valence-corrected chi connectivity index (χ3v) is 4.86. The summed E-state index contributed by atoms with van der Waals surface area (Å²) in [4.78, 5) is 11.5. The largest absolute Gasteiger partial charge is 0.380 e. The molecule has 5 heteroatoms. The van der Waals surface area contributed by atoms with Gasteiger partial charge in [0.1, 0.15) is 12.1 Å². The number of halogens is 1. The second-order valence-electron chi connectivity index (χ2n) is 6.21. The normalized spacial score (nSPS) is 21.9. The van der Waals surface area contributed by atoms with Gasteiger partial charge in [-0.2, -0.15) is 0 Å². The molecule has 0 amide bonds. The van der Waals surface area contributed by atoms with E-state index in [1.54, 1.807) is 18.5 Å². The summed E-state index contributed by atoms with van der Waals surface area (Å²) in [5, 5.41) is 0. The van der Waals surface area contributed by atoms with E-state index in [2.05, 4.69) is 14.9 Å². The highest BCUT2D eigenvalue weighted by Gasteiger charge is 2.26. The quantitative estimate of drug-likeness (QED) is 0.854. The molecule has 1 saturated heterocycles. The van der Waals surface area contributed by atoms with Crippen LogP contribution in [0.25, 0.3) is 11.3 Å². The first-order valence-electron chi connectivity index (χ1n) is 8.22. The van der Waals surface area contributed by atoms with Gasteiger partial charge in [-0.25, -0.2) is 14.4 Å². The van der Waals surface area contributed by atoms with Crippen LogP contribution >= 0.6 is 0 Å². The van der Waals surface area contributed by atoms with Crippen LogP contribution < -0.4 is 0 Å². The summed E-state index contributed by atoms with van der Waals surface area (Å²) in [5.41, 5.74) is 4.24. The summed E-state index contributed by atoms with van der Waals surface area (Å²) in [6.45, 7) is 3.73. The average Bonchev–Trinajstić information content (AvgIpc) is 3.02. The topological polar surface area (TPSA) is 38.2 Å². The highest BCUT2D eigenvalue weighted by Crippen LogP contribution is 2.27. The standard InChI is InChI=1S/C18H20FN3O/c19-14-3-1-13(2-4-14)18-16-5-8-22(15-7-10-23-11-15)9-6-17(16)20-12-21-18/h1-4,12,15H,5-11H2/t15-/m1/s1. The van der Waals surface area contributed by atoms with Crippen LogP contribution in [0.3, 0.4) is 0 Å². The van der Waals surface area contributed by atoms with E-state index in [1.807, 2.05) is 0 Å². The molecule has 2 aromatic rings. The van der Waals surface area contributed by atoms with E-state index in [9.17, 15) is 4.39 Å². The van der Waals surface area contributed by atoms with E-state index in [0.717, 1.165) is 62.5 Å². The van der Waals surface area contributed by atoms with Crippen molar-refractivity contribution in [2.75, 3.05) is 26.3 Å². The van der Waals surface area contributed by atoms with E-state index in [4.69, 9.17) is 4.74 Å². The van der Waals surface area contributed by atoms with Crippen LogP contribution in [0.15, 0.2) is 30.6 Å². The average molecular weight is 313 g/mol. The molecule has 2 aliphatic rings. The van der Waals surface area contributed by atoms with Crippen LogP contribution in [0.4, 0.5) is 4.39 Å². The van der Waals surface area contributed by atoms with Gasteiger partial charge >= 0.3 is 0 Å². The predicted molar refractivity (Wildman–Crippen MR) is 85.6 cm³/mol. The number of hydrogen-bond donors (Lipinski definition) is 0. The molecule has 0 unspecified atom stereocenters. The molecule has 1 atom stereocenters. The summed E-state index contributed by atoms with van der Waals surface area (Å²) in [5.74, 6) is -0.221. The van der Waals surface area contributed by atoms with Crippen molar-refractivity contribution in [1.29, 1.82) is 0 Å². The fraction of sp³-hybridized carbons (Fsp3) is 0.444. The van der Waals surface area contributed by atoms with Gasteiger partial charge in [-0.15, -0.1) is 0 Å². The van der Waals surface area contributed by atoms with Gasteiger partial charge in [-0.1, -0.05) is 0 Å². The Morgan fingerprint density at radius 2 is 1.91 bits per heavy atom. The Kier molecular flexibility index (Phi) is 4.06. The number of ether oxygens (including phenoxy) is 1. The number of nitrogens with zero attached hydrogens (tertiary/aromatic N) is 3. The summed E-state index contributed by atoms with van der Waals surface area (Å²) in [6, 6.07) is 7.11. The fourth-order valence-corrected chi connectivity index (χ4v) is 3.58. The number of rotatable bonds is 2. The highest BCUT2D eigenvalue weighted by atomic mass is 19.1. The van der Waals surface area contributed by atoms with Crippen molar-refractivity contribution in [3.8, 4) is 11.3 Å². The molecule has 4 nitrogen and oxygen atoms in total. The van der Waals surface area contributed by atoms with Crippen LogP contribution in [-0.2, 0) is 17.6 Å². The monoisotopic (exact) mass is 313 g/mol. The maximum Gasteiger partial charge on any atom is 0.123 e. The van der Waals surface area contributed by atoms with E-state index in [-0.39, 0.29) is 5.82 Å². The second kappa shape index (κ2) is 6.34. The minimum Gasteiger partial charge on any atom is -0.380 e. The van der Waals surface area contributed by atoms with Crippen molar-refractivity contribution in [3.05, 3.63) is 47.7 Å². The fourth-order valence-electron chi connectivity index (χ4n) is 3.58. The van der Waals surface area contributed by atoms with Gasteiger partial charge in [0.2, 0.25) is 0 Å². The Labute approximate surface area is 135 Å². The number of benzene rings is 1. The van der Waals surface area contributed by atoms with Crippen LogP contribution in [0, 0.1) is 5.82 Å². The second-order valence-corrected chi connectivity index (χ2v) is 6.21. The highest BCUT2D eigenvalue weighted by molar-refractivity contribution is 5.63. The van der Waals surface area contributed by atoms with Gasteiger partial charge in [-0.05, 0) is 37.1 Å². The molecule has 0 aliphatic carbocycles. The molecule has 0 spiro atoms. The van der Waals surface area contributed by atoms with Crippen molar-refractivity contribution in [1.82, 2.24) is 14.9 Å². The summed E-state index contributed by atoms with van der Waals surface area (Å²) < 4.78 is 18.7. The van der Waals surface area contributed by atoms with Crippen LogP contribution in [0.5, 0.6) is 0 Å². The lowest BCUT2D eigenvalue weighted by Crippen LogP contribution is -2.37. The Balaban J connectivity index is 1.62. The van der Waals surface area contributed by atoms with E-state index < -0.39 is 0 Å². The molecule has 0 saturated carbocycles. The van der Waals surface area contributed by atoms with Crippen molar-refractivity contribution < 1.29 is 9.13 Å². The number of hydrogen-bond acceptors (Lipinski definition) is 4. The lowest BCUT2D eigenvalue weighted by Gasteiger charge is -2.25. The van der Waals surface area contributed by atoms with Gasteiger partial charge in [0.25, 0.3) is 0 Å². The molecule has 0 bridgehead atoms. The zero-order valence-electron chi connectivity index (χ0n) is 13.0. The smallest absolute Gasteiger partial charge is 0.123 e. The zero-order chi connectivity index (χ0) is 15.6. The zero-order valence-corrected chi connectivity index (χ0v) is 13.0. The minimum atomic E-state index is -0.221. The SMILES string of the molecule is Fc1ccc(-c2ncnc3c2CCN([C@@H]2CCOC2)CC3)cc1. The maximum atomic E-state index is 13.2. The molecule has 1 aromatic carbocycles.